The molecule has 0 amide bonds. The molecule has 0 saturated carbocycles. The third-order valence-corrected chi connectivity index (χ3v) is 5.82. The van der Waals surface area contributed by atoms with Crippen molar-refractivity contribution in [1.82, 2.24) is 9.88 Å². The zero-order valence-electron chi connectivity index (χ0n) is 13.5. The predicted octanol–water partition coefficient (Wildman–Crippen LogP) is 5.30. The molecule has 0 bridgehead atoms. The van der Waals surface area contributed by atoms with Crippen LogP contribution >= 0.6 is 11.3 Å². The second kappa shape index (κ2) is 6.42. The Morgan fingerprint density at radius 2 is 1.84 bits per heavy atom. The van der Waals surface area contributed by atoms with E-state index >= 15 is 0 Å². The van der Waals surface area contributed by atoms with Gasteiger partial charge in [-0.1, -0.05) is 24.3 Å². The summed E-state index contributed by atoms with van der Waals surface area (Å²) in [5.74, 6) is 0.409. The third kappa shape index (κ3) is 3.55. The molecule has 130 valence electrons. The van der Waals surface area contributed by atoms with Crippen LogP contribution < -0.4 is 0 Å². The van der Waals surface area contributed by atoms with Crippen LogP contribution in [0.15, 0.2) is 48.5 Å². The van der Waals surface area contributed by atoms with Gasteiger partial charge in [0.2, 0.25) is 0 Å². The average Bonchev–Trinajstić information content (AvgIpc) is 3.20. The molecule has 2 heterocycles. The summed E-state index contributed by atoms with van der Waals surface area (Å²) >= 11 is 1.74. The lowest BCUT2D eigenvalue weighted by Crippen LogP contribution is -2.19. The highest BCUT2D eigenvalue weighted by Gasteiger charge is 2.30. The number of alkyl halides is 3. The molecule has 0 radical (unpaired) electrons. The van der Waals surface area contributed by atoms with Gasteiger partial charge in [0.25, 0.3) is 0 Å². The number of halogens is 3. The highest BCUT2D eigenvalue weighted by atomic mass is 32.1. The number of thiazole rings is 1. The Hall–Kier alpha value is -1.92. The Bertz CT molecular complexity index is 837. The first-order valence-electron chi connectivity index (χ1n) is 8.23. The summed E-state index contributed by atoms with van der Waals surface area (Å²) < 4.78 is 39.1. The van der Waals surface area contributed by atoms with Crippen LogP contribution in [0.5, 0.6) is 0 Å². The van der Waals surface area contributed by atoms with E-state index in [9.17, 15) is 13.2 Å². The summed E-state index contributed by atoms with van der Waals surface area (Å²) in [5.41, 5.74) is 1.37. The van der Waals surface area contributed by atoms with Gasteiger partial charge in [-0.05, 0) is 42.8 Å². The van der Waals surface area contributed by atoms with Crippen molar-refractivity contribution in [2.24, 2.45) is 0 Å². The van der Waals surface area contributed by atoms with Crippen LogP contribution in [-0.4, -0.2) is 23.0 Å². The predicted molar refractivity (Wildman–Crippen MR) is 93.7 cm³/mol. The minimum atomic E-state index is -4.27. The summed E-state index contributed by atoms with van der Waals surface area (Å²) in [4.78, 5) is 7.03. The van der Waals surface area contributed by atoms with Crippen LogP contribution in [0.1, 0.15) is 28.5 Å². The van der Waals surface area contributed by atoms with Gasteiger partial charge in [0.05, 0.1) is 20.8 Å². The van der Waals surface area contributed by atoms with E-state index in [-0.39, 0.29) is 0 Å². The van der Waals surface area contributed by atoms with Crippen LogP contribution in [0.25, 0.3) is 10.2 Å². The Kier molecular flexibility index (Phi) is 4.25. The smallest absolute Gasteiger partial charge is 0.298 e. The lowest BCUT2D eigenvalue weighted by Gasteiger charge is -2.16. The van der Waals surface area contributed by atoms with Crippen molar-refractivity contribution in [3.8, 4) is 0 Å². The molecule has 3 aromatic rings. The first-order chi connectivity index (χ1) is 12.0. The number of rotatable bonds is 3. The van der Waals surface area contributed by atoms with Gasteiger partial charge >= 0.3 is 6.18 Å². The van der Waals surface area contributed by atoms with Gasteiger partial charge in [-0.2, -0.15) is 13.2 Å². The molecule has 0 unspecified atom stereocenters. The molecule has 0 aliphatic carbocycles. The van der Waals surface area contributed by atoms with Crippen molar-refractivity contribution in [2.75, 3.05) is 13.1 Å². The van der Waals surface area contributed by atoms with Gasteiger partial charge in [0.15, 0.2) is 0 Å². The van der Waals surface area contributed by atoms with Gasteiger partial charge < -0.3 is 0 Å². The SMILES string of the molecule is FC(F)(F)c1ccc(CN2CC[C@H](c3nc4ccccc4s3)C2)cc1. The molecule has 0 N–H and O–H groups in total. The molecule has 1 aromatic heterocycles. The molecule has 6 heteroatoms. The molecule has 1 atom stereocenters. The van der Waals surface area contributed by atoms with E-state index in [1.54, 1.807) is 23.5 Å². The summed E-state index contributed by atoms with van der Waals surface area (Å²) in [6, 6.07) is 13.6. The van der Waals surface area contributed by atoms with E-state index in [0.29, 0.717) is 12.5 Å². The Morgan fingerprint density at radius 3 is 2.56 bits per heavy atom. The summed E-state index contributed by atoms with van der Waals surface area (Å²) in [6.07, 6.45) is -3.23. The van der Waals surface area contributed by atoms with Crippen molar-refractivity contribution in [3.05, 3.63) is 64.7 Å². The van der Waals surface area contributed by atoms with E-state index in [0.717, 1.165) is 47.7 Å². The maximum atomic E-state index is 12.6. The van der Waals surface area contributed by atoms with Crippen LogP contribution in [0.2, 0.25) is 0 Å². The molecule has 0 spiro atoms. The molecular formula is C19H17F3N2S. The fourth-order valence-corrected chi connectivity index (χ4v) is 4.39. The normalized spacial score (nSPS) is 18.9. The summed E-state index contributed by atoms with van der Waals surface area (Å²) in [6.45, 7) is 2.53. The van der Waals surface area contributed by atoms with Crippen molar-refractivity contribution in [2.45, 2.75) is 25.1 Å². The van der Waals surface area contributed by atoms with Crippen molar-refractivity contribution in [3.63, 3.8) is 0 Å². The van der Waals surface area contributed by atoms with Gasteiger partial charge in [-0.25, -0.2) is 4.98 Å². The first-order valence-corrected chi connectivity index (χ1v) is 9.05. The Balaban J connectivity index is 1.42. The molecule has 1 saturated heterocycles. The largest absolute Gasteiger partial charge is 0.416 e. The number of nitrogens with zero attached hydrogens (tertiary/aromatic N) is 2. The minimum Gasteiger partial charge on any atom is -0.298 e. The molecule has 2 aromatic carbocycles. The number of aromatic nitrogens is 1. The quantitative estimate of drug-likeness (QED) is 0.628. The highest BCUT2D eigenvalue weighted by Crippen LogP contribution is 2.34. The molecular weight excluding hydrogens is 345 g/mol. The van der Waals surface area contributed by atoms with Crippen LogP contribution in [0.4, 0.5) is 13.2 Å². The molecule has 1 aliphatic rings. The van der Waals surface area contributed by atoms with Crippen molar-refractivity contribution in [1.29, 1.82) is 0 Å². The molecule has 4 rings (SSSR count). The van der Waals surface area contributed by atoms with Gasteiger partial charge in [-0.3, -0.25) is 4.90 Å². The molecule has 1 fully saturated rings. The number of hydrogen-bond acceptors (Lipinski definition) is 3. The van der Waals surface area contributed by atoms with Crippen molar-refractivity contribution >= 4 is 21.6 Å². The maximum absolute atomic E-state index is 12.6. The fraction of sp³-hybridized carbons (Fsp3) is 0.316. The molecule has 1 aliphatic heterocycles. The average molecular weight is 362 g/mol. The minimum absolute atomic E-state index is 0.409. The van der Waals surface area contributed by atoms with E-state index in [2.05, 4.69) is 11.0 Å². The van der Waals surface area contributed by atoms with Gasteiger partial charge in [-0.15, -0.1) is 11.3 Å². The number of benzene rings is 2. The van der Waals surface area contributed by atoms with Crippen LogP contribution in [-0.2, 0) is 12.7 Å². The fourth-order valence-electron chi connectivity index (χ4n) is 3.30. The number of likely N-dealkylation sites (tertiary alicyclic amines) is 1. The van der Waals surface area contributed by atoms with Gasteiger partial charge in [0, 0.05) is 19.0 Å². The number of para-hydroxylation sites is 1. The Morgan fingerprint density at radius 1 is 1.08 bits per heavy atom. The molecule has 2 nitrogen and oxygen atoms in total. The number of hydrogen-bond donors (Lipinski definition) is 0. The van der Waals surface area contributed by atoms with Crippen molar-refractivity contribution < 1.29 is 13.2 Å². The van der Waals surface area contributed by atoms with Crippen LogP contribution in [0, 0.1) is 0 Å². The van der Waals surface area contributed by atoms with E-state index in [4.69, 9.17) is 4.98 Å². The lowest BCUT2D eigenvalue weighted by molar-refractivity contribution is -0.137. The zero-order valence-corrected chi connectivity index (χ0v) is 14.3. The zero-order chi connectivity index (χ0) is 17.4. The standard InChI is InChI=1S/C19H17F3N2S/c20-19(21,22)15-7-5-13(6-8-15)11-24-10-9-14(12-24)18-23-16-3-1-2-4-17(16)25-18/h1-8,14H,9-12H2/t14-/m0/s1. The topological polar surface area (TPSA) is 16.1 Å². The summed E-state index contributed by atoms with van der Waals surface area (Å²) in [7, 11) is 0. The summed E-state index contributed by atoms with van der Waals surface area (Å²) in [5, 5.41) is 1.16. The third-order valence-electron chi connectivity index (χ3n) is 4.62. The first kappa shape index (κ1) is 16.5. The van der Waals surface area contributed by atoms with E-state index < -0.39 is 11.7 Å². The van der Waals surface area contributed by atoms with Gasteiger partial charge in [0.1, 0.15) is 0 Å². The van der Waals surface area contributed by atoms with E-state index in [1.807, 2.05) is 18.2 Å². The molecule has 25 heavy (non-hydrogen) atoms. The second-order valence-electron chi connectivity index (χ2n) is 6.44. The second-order valence-corrected chi connectivity index (χ2v) is 7.50. The number of fused-ring (bicyclic) bond motifs is 1. The monoisotopic (exact) mass is 362 g/mol. The highest BCUT2D eigenvalue weighted by molar-refractivity contribution is 7.18. The lowest BCUT2D eigenvalue weighted by atomic mass is 10.1. The van der Waals surface area contributed by atoms with E-state index in [1.165, 1.54) is 4.70 Å². The maximum Gasteiger partial charge on any atom is 0.416 e. The Labute approximate surface area is 147 Å². The van der Waals surface area contributed by atoms with Crippen LogP contribution in [0.3, 0.4) is 0 Å².